The molecule has 0 radical (unpaired) electrons. The topological polar surface area (TPSA) is 20.3 Å². The number of rotatable bonds is 2. The number of carbonyl (C=O) groups is 1. The van der Waals surface area contributed by atoms with Gasteiger partial charge in [-0.15, -0.1) is 0 Å². The van der Waals surface area contributed by atoms with Crippen molar-refractivity contribution in [2.45, 2.75) is 9.79 Å². The van der Waals surface area contributed by atoms with E-state index in [-0.39, 0.29) is 0 Å². The number of para-hydroxylation sites is 1. The van der Waals surface area contributed by atoms with Gasteiger partial charge in [0.2, 0.25) is 0 Å². The van der Waals surface area contributed by atoms with Gasteiger partial charge in [0.15, 0.2) is 0 Å². The normalized spacial score (nSPS) is 13.2. The van der Waals surface area contributed by atoms with Crippen LogP contribution in [-0.4, -0.2) is 13.3 Å². The molecule has 2 nitrogen and oxygen atoms in total. The maximum Gasteiger partial charge on any atom is 0.142 e. The summed E-state index contributed by atoms with van der Waals surface area (Å²) >= 11 is 1.77. The molecule has 0 saturated heterocycles. The highest BCUT2D eigenvalue weighted by Gasteiger charge is 2.19. The molecule has 0 amide bonds. The van der Waals surface area contributed by atoms with E-state index in [1.807, 2.05) is 12.1 Å². The second kappa shape index (κ2) is 4.94. The Morgan fingerprint density at radius 2 is 1.84 bits per heavy atom. The lowest BCUT2D eigenvalue weighted by atomic mass is 10.1. The molecule has 0 aliphatic carbocycles. The summed E-state index contributed by atoms with van der Waals surface area (Å²) in [6.45, 7) is 0. The first-order valence-electron chi connectivity index (χ1n) is 6.06. The second-order valence-electron chi connectivity index (χ2n) is 4.35. The zero-order valence-corrected chi connectivity index (χ0v) is 11.4. The van der Waals surface area contributed by atoms with Gasteiger partial charge >= 0.3 is 0 Å². The minimum Gasteiger partial charge on any atom is -0.343 e. The zero-order chi connectivity index (χ0) is 13.2. The van der Waals surface area contributed by atoms with Crippen molar-refractivity contribution in [1.82, 2.24) is 0 Å². The fraction of sp³-hybridized carbons (Fsp3) is 0.0625. The Morgan fingerprint density at radius 1 is 1.05 bits per heavy atom. The average Bonchev–Trinajstić information content (AvgIpc) is 2.45. The Labute approximate surface area is 116 Å². The van der Waals surface area contributed by atoms with Crippen LogP contribution in [-0.2, 0) is 4.79 Å². The second-order valence-corrected chi connectivity index (χ2v) is 5.43. The number of anilines is 2. The Morgan fingerprint density at radius 3 is 2.68 bits per heavy atom. The van der Waals surface area contributed by atoms with Crippen LogP contribution >= 0.6 is 11.8 Å². The van der Waals surface area contributed by atoms with Crippen LogP contribution in [0.3, 0.4) is 0 Å². The molecule has 0 saturated carbocycles. The van der Waals surface area contributed by atoms with Crippen LogP contribution in [0.2, 0.25) is 0 Å². The fourth-order valence-electron chi connectivity index (χ4n) is 2.21. The van der Waals surface area contributed by atoms with E-state index in [2.05, 4.69) is 48.3 Å². The predicted molar refractivity (Wildman–Crippen MR) is 80.2 cm³/mol. The first kappa shape index (κ1) is 12.1. The fourth-order valence-corrected chi connectivity index (χ4v) is 3.41. The zero-order valence-electron chi connectivity index (χ0n) is 10.5. The predicted octanol–water partition coefficient (Wildman–Crippen LogP) is 4.13. The van der Waals surface area contributed by atoms with Crippen LogP contribution in [0, 0.1) is 0 Å². The summed E-state index contributed by atoms with van der Waals surface area (Å²) in [5.41, 5.74) is 3.48. The first-order chi connectivity index (χ1) is 9.29. The number of hydrogen-bond acceptors (Lipinski definition) is 3. The van der Waals surface area contributed by atoms with E-state index in [4.69, 9.17) is 0 Å². The summed E-state index contributed by atoms with van der Waals surface area (Å²) in [6.07, 6.45) is 4.15. The van der Waals surface area contributed by atoms with E-state index in [0.29, 0.717) is 0 Å². The van der Waals surface area contributed by atoms with Gasteiger partial charge in [-0.3, -0.25) is 4.79 Å². The van der Waals surface area contributed by atoms with Crippen molar-refractivity contribution in [2.24, 2.45) is 0 Å². The lowest BCUT2D eigenvalue weighted by Crippen LogP contribution is -2.14. The maximum atomic E-state index is 10.4. The van der Waals surface area contributed by atoms with Crippen LogP contribution < -0.4 is 4.90 Å². The molecule has 0 atom stereocenters. The number of nitrogens with zero attached hydrogens (tertiary/aromatic N) is 1. The Hall–Kier alpha value is -2.00. The van der Waals surface area contributed by atoms with Crippen molar-refractivity contribution in [3.8, 4) is 0 Å². The number of fused-ring (bicyclic) bond motifs is 2. The lowest BCUT2D eigenvalue weighted by molar-refractivity contribution is -0.104. The van der Waals surface area contributed by atoms with Crippen LogP contribution in [0.4, 0.5) is 11.4 Å². The third-order valence-electron chi connectivity index (χ3n) is 3.16. The van der Waals surface area contributed by atoms with Gasteiger partial charge in [-0.05, 0) is 35.9 Å². The minimum absolute atomic E-state index is 0.800. The van der Waals surface area contributed by atoms with Gasteiger partial charge < -0.3 is 4.90 Å². The van der Waals surface area contributed by atoms with Gasteiger partial charge in [0.1, 0.15) is 6.29 Å². The summed E-state index contributed by atoms with van der Waals surface area (Å²) in [5, 5.41) is 0. The molecule has 0 N–H and O–H groups in total. The van der Waals surface area contributed by atoms with E-state index < -0.39 is 0 Å². The summed E-state index contributed by atoms with van der Waals surface area (Å²) in [4.78, 5) is 15.1. The highest BCUT2D eigenvalue weighted by molar-refractivity contribution is 7.99. The van der Waals surface area contributed by atoms with E-state index in [0.717, 1.165) is 11.8 Å². The Balaban J connectivity index is 2.05. The van der Waals surface area contributed by atoms with Crippen LogP contribution in [0.5, 0.6) is 0 Å². The molecule has 0 aromatic heterocycles. The van der Waals surface area contributed by atoms with Gasteiger partial charge in [0.25, 0.3) is 0 Å². The third-order valence-corrected chi connectivity index (χ3v) is 4.27. The Bertz CT molecular complexity index is 664. The van der Waals surface area contributed by atoms with Crippen molar-refractivity contribution >= 4 is 35.5 Å². The summed E-state index contributed by atoms with van der Waals surface area (Å²) in [7, 11) is 2.08. The van der Waals surface area contributed by atoms with Crippen molar-refractivity contribution in [3.63, 3.8) is 0 Å². The van der Waals surface area contributed by atoms with E-state index in [1.54, 1.807) is 11.8 Å². The van der Waals surface area contributed by atoms with Gasteiger partial charge in [-0.25, -0.2) is 0 Å². The molecule has 19 heavy (non-hydrogen) atoms. The molecule has 1 aliphatic rings. The molecule has 0 bridgehead atoms. The van der Waals surface area contributed by atoms with Crippen molar-refractivity contribution < 1.29 is 4.79 Å². The molecule has 3 heteroatoms. The maximum absolute atomic E-state index is 10.4. The highest BCUT2D eigenvalue weighted by Crippen LogP contribution is 2.47. The highest BCUT2D eigenvalue weighted by atomic mass is 32.2. The lowest BCUT2D eigenvalue weighted by Gasteiger charge is -2.29. The van der Waals surface area contributed by atoms with Gasteiger partial charge in [0.05, 0.1) is 11.4 Å². The molecule has 0 spiro atoms. The van der Waals surface area contributed by atoms with Gasteiger partial charge in [-0.2, -0.15) is 0 Å². The van der Waals surface area contributed by atoms with E-state index in [9.17, 15) is 4.79 Å². The summed E-state index contributed by atoms with van der Waals surface area (Å²) < 4.78 is 0. The van der Waals surface area contributed by atoms with Crippen LogP contribution in [0.25, 0.3) is 6.08 Å². The quantitative estimate of drug-likeness (QED) is 0.602. The number of hydrogen-bond donors (Lipinski definition) is 0. The molecule has 3 rings (SSSR count). The monoisotopic (exact) mass is 267 g/mol. The van der Waals surface area contributed by atoms with Crippen molar-refractivity contribution in [1.29, 1.82) is 0 Å². The van der Waals surface area contributed by atoms with Crippen molar-refractivity contribution in [2.75, 3.05) is 11.9 Å². The first-order valence-corrected chi connectivity index (χ1v) is 6.88. The summed E-state index contributed by atoms with van der Waals surface area (Å²) in [6, 6.07) is 14.6. The molecular formula is C16H13NOS. The standard InChI is InChI=1S/C16H13NOS/c1-17-13-6-2-3-7-15(13)19-16-11-12(5-4-10-18)8-9-14(16)17/h2-11H,1H3/b5-4+. The number of carbonyl (C=O) groups excluding carboxylic acids is 1. The minimum atomic E-state index is 0.800. The Kier molecular flexibility index (Phi) is 3.13. The van der Waals surface area contributed by atoms with Crippen LogP contribution in [0.15, 0.2) is 58.3 Å². The molecule has 2 aromatic carbocycles. The molecular weight excluding hydrogens is 254 g/mol. The van der Waals surface area contributed by atoms with E-state index >= 15 is 0 Å². The smallest absolute Gasteiger partial charge is 0.142 e. The molecule has 1 aliphatic heterocycles. The van der Waals surface area contributed by atoms with Gasteiger partial charge in [0, 0.05) is 16.8 Å². The number of allylic oxidation sites excluding steroid dienone is 1. The molecule has 0 fully saturated rings. The van der Waals surface area contributed by atoms with Crippen LogP contribution in [0.1, 0.15) is 5.56 Å². The van der Waals surface area contributed by atoms with Crippen molar-refractivity contribution in [3.05, 3.63) is 54.1 Å². The molecule has 94 valence electrons. The number of benzene rings is 2. The average molecular weight is 267 g/mol. The molecule has 0 unspecified atom stereocenters. The molecule has 1 heterocycles. The SMILES string of the molecule is CN1c2ccccc2Sc2cc(/C=C/C=O)ccc21. The third kappa shape index (κ3) is 2.17. The molecule has 2 aromatic rings. The largest absolute Gasteiger partial charge is 0.343 e. The van der Waals surface area contributed by atoms with E-state index in [1.165, 1.54) is 27.2 Å². The number of aldehydes is 1. The summed E-state index contributed by atoms with van der Waals surface area (Å²) in [5.74, 6) is 0. The van der Waals surface area contributed by atoms with Gasteiger partial charge in [-0.1, -0.05) is 36.0 Å².